The fourth-order valence-electron chi connectivity index (χ4n) is 1.36. The molecule has 0 N–H and O–H groups in total. The summed E-state index contributed by atoms with van der Waals surface area (Å²) >= 11 is 0. The molecule has 5 atom stereocenters. The zero-order chi connectivity index (χ0) is 13.0. The lowest BCUT2D eigenvalue weighted by molar-refractivity contribution is 0.141. The highest BCUT2D eigenvalue weighted by molar-refractivity contribution is 7.42. The van der Waals surface area contributed by atoms with Crippen LogP contribution < -0.4 is 0 Å². The molecular formula is C10H20O6P2. The van der Waals surface area contributed by atoms with Crippen LogP contribution in [0.4, 0.5) is 0 Å². The summed E-state index contributed by atoms with van der Waals surface area (Å²) in [5.74, 6) is 0. The summed E-state index contributed by atoms with van der Waals surface area (Å²) in [4.78, 5) is 0. The molecule has 6 nitrogen and oxygen atoms in total. The van der Waals surface area contributed by atoms with Gasteiger partial charge >= 0.3 is 17.2 Å². The van der Waals surface area contributed by atoms with Crippen LogP contribution in [-0.2, 0) is 27.1 Å². The maximum Gasteiger partial charge on any atom is 0.333 e. The van der Waals surface area contributed by atoms with Gasteiger partial charge in [0.15, 0.2) is 0 Å². The summed E-state index contributed by atoms with van der Waals surface area (Å²) < 4.78 is 32.7. The first-order valence-electron chi connectivity index (χ1n) is 6.13. The molecule has 2 fully saturated rings. The third-order valence-corrected chi connectivity index (χ3v) is 5.06. The van der Waals surface area contributed by atoms with Gasteiger partial charge in [-0.3, -0.25) is 0 Å². The second-order valence-electron chi connectivity index (χ2n) is 4.41. The number of hydrogen-bond donors (Lipinski definition) is 0. The van der Waals surface area contributed by atoms with Crippen LogP contribution >= 0.6 is 17.2 Å². The zero-order valence-corrected chi connectivity index (χ0v) is 12.7. The molecule has 18 heavy (non-hydrogen) atoms. The Labute approximate surface area is 110 Å². The van der Waals surface area contributed by atoms with Gasteiger partial charge in [0.25, 0.3) is 0 Å². The van der Waals surface area contributed by atoms with E-state index in [1.54, 1.807) is 0 Å². The molecule has 2 heterocycles. The van der Waals surface area contributed by atoms with E-state index < -0.39 is 17.2 Å². The van der Waals surface area contributed by atoms with Crippen LogP contribution in [0.25, 0.3) is 0 Å². The first kappa shape index (κ1) is 15.0. The van der Waals surface area contributed by atoms with E-state index in [0.717, 1.165) is 6.42 Å². The van der Waals surface area contributed by atoms with Gasteiger partial charge in [-0.2, -0.15) is 0 Å². The number of hydrogen-bond acceptors (Lipinski definition) is 6. The van der Waals surface area contributed by atoms with E-state index in [9.17, 15) is 0 Å². The fraction of sp³-hybridized carbons (Fsp3) is 1.00. The molecule has 106 valence electrons. The first-order valence-corrected chi connectivity index (χ1v) is 8.32. The smallest absolute Gasteiger partial charge is 0.312 e. The summed E-state index contributed by atoms with van der Waals surface area (Å²) in [5, 5.41) is 0. The van der Waals surface area contributed by atoms with Gasteiger partial charge in [0.05, 0.1) is 38.1 Å². The van der Waals surface area contributed by atoms with Crippen molar-refractivity contribution in [3.63, 3.8) is 0 Å². The summed E-state index contributed by atoms with van der Waals surface area (Å²) in [7, 11) is -2.32. The Morgan fingerprint density at radius 3 is 2.28 bits per heavy atom. The SMILES string of the molecule is CC1COP(OCCC(C)OP2OCC(C)O2)O1. The Balaban J connectivity index is 1.53. The predicted octanol–water partition coefficient (Wildman–Crippen LogP) is 3.12. The van der Waals surface area contributed by atoms with Gasteiger partial charge in [-0.1, -0.05) is 0 Å². The molecule has 2 rings (SSSR count). The molecule has 0 aromatic heterocycles. The van der Waals surface area contributed by atoms with E-state index in [1.807, 2.05) is 20.8 Å². The Morgan fingerprint density at radius 2 is 1.72 bits per heavy atom. The topological polar surface area (TPSA) is 55.4 Å². The minimum Gasteiger partial charge on any atom is -0.312 e. The molecule has 2 saturated heterocycles. The second-order valence-corrected chi connectivity index (χ2v) is 6.71. The monoisotopic (exact) mass is 298 g/mol. The minimum atomic E-state index is -1.17. The maximum absolute atomic E-state index is 5.63. The van der Waals surface area contributed by atoms with E-state index in [1.165, 1.54) is 0 Å². The lowest BCUT2D eigenvalue weighted by atomic mass is 10.3. The van der Waals surface area contributed by atoms with Crippen LogP contribution in [0.15, 0.2) is 0 Å². The molecule has 0 aromatic carbocycles. The third-order valence-electron chi connectivity index (χ3n) is 2.35. The van der Waals surface area contributed by atoms with Crippen LogP contribution in [0, 0.1) is 0 Å². The summed E-state index contributed by atoms with van der Waals surface area (Å²) in [5.41, 5.74) is 0. The molecular weight excluding hydrogens is 278 g/mol. The maximum atomic E-state index is 5.63. The summed E-state index contributed by atoms with van der Waals surface area (Å²) in [6, 6.07) is 0. The molecule has 0 amide bonds. The van der Waals surface area contributed by atoms with Crippen LogP contribution in [0.3, 0.4) is 0 Å². The van der Waals surface area contributed by atoms with E-state index in [4.69, 9.17) is 27.1 Å². The van der Waals surface area contributed by atoms with Crippen LogP contribution in [0.5, 0.6) is 0 Å². The quantitative estimate of drug-likeness (QED) is 0.702. The Morgan fingerprint density at radius 1 is 1.11 bits per heavy atom. The van der Waals surface area contributed by atoms with Gasteiger partial charge in [0.2, 0.25) is 0 Å². The lowest BCUT2D eigenvalue weighted by Crippen LogP contribution is -2.08. The van der Waals surface area contributed by atoms with Crippen molar-refractivity contribution in [2.45, 2.75) is 45.5 Å². The predicted molar refractivity (Wildman–Crippen MR) is 68.0 cm³/mol. The highest BCUT2D eigenvalue weighted by Gasteiger charge is 2.28. The van der Waals surface area contributed by atoms with E-state index in [-0.39, 0.29) is 18.3 Å². The molecule has 0 aliphatic carbocycles. The van der Waals surface area contributed by atoms with Crippen LogP contribution in [-0.4, -0.2) is 38.1 Å². The van der Waals surface area contributed by atoms with Gasteiger partial charge < -0.3 is 27.1 Å². The number of rotatable bonds is 6. The minimum absolute atomic E-state index is 0.0384. The van der Waals surface area contributed by atoms with Gasteiger partial charge in [0.1, 0.15) is 0 Å². The summed E-state index contributed by atoms with van der Waals surface area (Å²) in [6.45, 7) is 7.70. The van der Waals surface area contributed by atoms with E-state index in [2.05, 4.69) is 0 Å². The lowest BCUT2D eigenvalue weighted by Gasteiger charge is -2.16. The Bertz CT molecular complexity index is 257. The van der Waals surface area contributed by atoms with Gasteiger partial charge in [0, 0.05) is 0 Å². The van der Waals surface area contributed by atoms with Crippen molar-refractivity contribution in [1.29, 1.82) is 0 Å². The van der Waals surface area contributed by atoms with Crippen molar-refractivity contribution in [3.8, 4) is 0 Å². The molecule has 0 radical (unpaired) electrons. The van der Waals surface area contributed by atoms with Crippen LogP contribution in [0.2, 0.25) is 0 Å². The van der Waals surface area contributed by atoms with E-state index >= 15 is 0 Å². The molecule has 2 aliphatic rings. The highest BCUT2D eigenvalue weighted by Crippen LogP contribution is 2.48. The second kappa shape index (κ2) is 7.41. The third kappa shape index (κ3) is 4.95. The average Bonchev–Trinajstić information content (AvgIpc) is 2.88. The molecule has 0 bridgehead atoms. The largest absolute Gasteiger partial charge is 0.333 e. The van der Waals surface area contributed by atoms with Crippen molar-refractivity contribution in [3.05, 3.63) is 0 Å². The van der Waals surface area contributed by atoms with Gasteiger partial charge in [-0.25, -0.2) is 0 Å². The zero-order valence-electron chi connectivity index (χ0n) is 10.9. The van der Waals surface area contributed by atoms with Crippen molar-refractivity contribution in [2.24, 2.45) is 0 Å². The van der Waals surface area contributed by atoms with Crippen molar-refractivity contribution >= 4 is 17.2 Å². The van der Waals surface area contributed by atoms with E-state index in [0.29, 0.717) is 19.8 Å². The highest BCUT2D eigenvalue weighted by atomic mass is 31.2. The standard InChI is InChI=1S/C10H20O6P2/c1-8(14-18-13-7-10(3)16-18)4-5-11-17-12-6-9(2)15-17/h8-10H,4-7H2,1-3H3. The van der Waals surface area contributed by atoms with Crippen molar-refractivity contribution < 1.29 is 27.1 Å². The van der Waals surface area contributed by atoms with Gasteiger partial charge in [-0.15, -0.1) is 0 Å². The van der Waals surface area contributed by atoms with Crippen molar-refractivity contribution in [1.82, 2.24) is 0 Å². The first-order chi connectivity index (χ1) is 8.63. The molecule has 8 heteroatoms. The Kier molecular flexibility index (Phi) is 6.19. The Hall–Kier alpha value is 0.620. The molecule has 0 aromatic rings. The van der Waals surface area contributed by atoms with Crippen molar-refractivity contribution in [2.75, 3.05) is 19.8 Å². The van der Waals surface area contributed by atoms with Gasteiger partial charge in [-0.05, 0) is 27.2 Å². The normalized spacial score (nSPS) is 38.2. The molecule has 2 aliphatic heterocycles. The molecule has 0 spiro atoms. The van der Waals surface area contributed by atoms with Crippen LogP contribution in [0.1, 0.15) is 27.2 Å². The summed E-state index contributed by atoms with van der Waals surface area (Å²) in [6.07, 6.45) is 1.07. The average molecular weight is 298 g/mol. The molecule has 0 saturated carbocycles. The molecule has 5 unspecified atom stereocenters. The fourth-order valence-corrected chi connectivity index (χ4v) is 3.76.